The molecule has 0 aliphatic rings. The smallest absolute Gasteiger partial charge is 0.416 e. The first-order valence-electron chi connectivity index (χ1n) is 8.16. The fourth-order valence-corrected chi connectivity index (χ4v) is 2.85. The van der Waals surface area contributed by atoms with E-state index >= 15 is 0 Å². The lowest BCUT2D eigenvalue weighted by Crippen LogP contribution is -2.42. The summed E-state index contributed by atoms with van der Waals surface area (Å²) in [6.07, 6.45) is -4.12. The first-order valence-corrected chi connectivity index (χ1v) is 9.04. The molecule has 1 heterocycles. The third-order valence-corrected chi connectivity index (χ3v) is 4.42. The molecule has 10 heteroatoms. The van der Waals surface area contributed by atoms with Gasteiger partial charge in [0.15, 0.2) is 6.61 Å². The fourth-order valence-electron chi connectivity index (χ4n) is 2.14. The number of carbonyl (C=O) groups excluding carboxylic acids is 3. The molecular formula is C18H17F3N2O4S. The lowest BCUT2D eigenvalue weighted by molar-refractivity contribution is -0.147. The molecule has 1 aromatic heterocycles. The number of halogens is 3. The van der Waals surface area contributed by atoms with Crippen LogP contribution < -0.4 is 10.6 Å². The van der Waals surface area contributed by atoms with Crippen LogP contribution >= 0.6 is 11.3 Å². The molecule has 0 aliphatic carbocycles. The second-order valence-corrected chi connectivity index (χ2v) is 6.70. The zero-order valence-corrected chi connectivity index (χ0v) is 15.4. The van der Waals surface area contributed by atoms with Crippen molar-refractivity contribution in [1.29, 1.82) is 0 Å². The summed E-state index contributed by atoms with van der Waals surface area (Å²) in [6, 6.07) is 7.14. The molecule has 0 aliphatic heterocycles. The van der Waals surface area contributed by atoms with Crippen LogP contribution in [-0.2, 0) is 33.3 Å². The highest BCUT2D eigenvalue weighted by Gasteiger charge is 2.30. The van der Waals surface area contributed by atoms with Gasteiger partial charge in [0.1, 0.15) is 0 Å². The quantitative estimate of drug-likeness (QED) is 0.683. The topological polar surface area (TPSA) is 84.5 Å². The number of nitrogens with one attached hydrogen (secondary N) is 2. The van der Waals surface area contributed by atoms with E-state index in [1.807, 2.05) is 22.8 Å². The van der Waals surface area contributed by atoms with Crippen molar-refractivity contribution < 1.29 is 32.3 Å². The number of esters is 1. The van der Waals surface area contributed by atoms with Crippen molar-refractivity contribution in [3.63, 3.8) is 0 Å². The summed E-state index contributed by atoms with van der Waals surface area (Å²) in [6.45, 7) is -0.328. The third-order valence-electron chi connectivity index (χ3n) is 3.48. The van der Waals surface area contributed by atoms with E-state index in [0.29, 0.717) is 18.5 Å². The number of thiophene rings is 1. The van der Waals surface area contributed by atoms with Gasteiger partial charge in [0.2, 0.25) is 0 Å². The highest BCUT2D eigenvalue weighted by Crippen LogP contribution is 2.29. The van der Waals surface area contributed by atoms with E-state index in [-0.39, 0.29) is 6.42 Å². The fraction of sp³-hybridized carbons (Fsp3) is 0.278. The van der Waals surface area contributed by atoms with Gasteiger partial charge >= 0.3 is 18.2 Å². The Bertz CT molecular complexity index is 805. The van der Waals surface area contributed by atoms with Crippen LogP contribution in [0.15, 0.2) is 41.8 Å². The molecular weight excluding hydrogens is 397 g/mol. The minimum absolute atomic E-state index is 0.293. The number of urea groups is 1. The third kappa shape index (κ3) is 7.39. The maximum Gasteiger partial charge on any atom is 0.416 e. The maximum absolute atomic E-state index is 12.5. The standard InChI is InChI=1S/C18H17F3N2O4S/c19-18(20,21)13-5-3-12(4-6-13)10-16(25)27-11-15(24)23-17(26)22-8-7-14-2-1-9-28-14/h1-6,9H,7-8,10-11H2,(H2,22,23,24,26). The molecule has 28 heavy (non-hydrogen) atoms. The number of benzene rings is 1. The molecule has 0 atom stereocenters. The zero-order valence-electron chi connectivity index (χ0n) is 14.5. The number of alkyl halides is 3. The highest BCUT2D eigenvalue weighted by atomic mass is 32.1. The van der Waals surface area contributed by atoms with Gasteiger partial charge in [0.25, 0.3) is 5.91 Å². The largest absolute Gasteiger partial charge is 0.455 e. The van der Waals surface area contributed by atoms with Crippen molar-refractivity contribution in [2.45, 2.75) is 19.0 Å². The van der Waals surface area contributed by atoms with Crippen molar-refractivity contribution >= 4 is 29.2 Å². The van der Waals surface area contributed by atoms with Crippen molar-refractivity contribution in [3.05, 3.63) is 57.8 Å². The van der Waals surface area contributed by atoms with E-state index < -0.39 is 36.3 Å². The molecule has 0 bridgehead atoms. The molecule has 2 rings (SSSR count). The number of imide groups is 1. The molecule has 6 nitrogen and oxygen atoms in total. The molecule has 150 valence electrons. The molecule has 0 saturated heterocycles. The van der Waals surface area contributed by atoms with Crippen LogP contribution in [0.4, 0.5) is 18.0 Å². The summed E-state index contributed by atoms with van der Waals surface area (Å²) in [7, 11) is 0. The van der Waals surface area contributed by atoms with Crippen molar-refractivity contribution in [1.82, 2.24) is 10.6 Å². The van der Waals surface area contributed by atoms with Crippen LogP contribution in [0.2, 0.25) is 0 Å². The molecule has 0 radical (unpaired) electrons. The average Bonchev–Trinajstić information content (AvgIpc) is 3.13. The first kappa shape index (κ1) is 21.4. The summed E-state index contributed by atoms with van der Waals surface area (Å²) < 4.78 is 42.1. The summed E-state index contributed by atoms with van der Waals surface area (Å²) in [5, 5.41) is 6.43. The SMILES string of the molecule is O=C(COC(=O)Cc1ccc(C(F)(F)F)cc1)NC(=O)NCCc1cccs1. The van der Waals surface area contributed by atoms with Gasteiger partial charge in [-0.2, -0.15) is 13.2 Å². The van der Waals surface area contributed by atoms with E-state index in [0.717, 1.165) is 29.1 Å². The Morgan fingerprint density at radius 2 is 1.79 bits per heavy atom. The Labute approximate surface area is 162 Å². The Morgan fingerprint density at radius 1 is 1.07 bits per heavy atom. The van der Waals surface area contributed by atoms with E-state index in [4.69, 9.17) is 4.74 Å². The lowest BCUT2D eigenvalue weighted by Gasteiger charge is -2.08. The predicted molar refractivity (Wildman–Crippen MR) is 95.7 cm³/mol. The normalized spacial score (nSPS) is 11.0. The predicted octanol–water partition coefficient (Wildman–Crippen LogP) is 2.92. The van der Waals surface area contributed by atoms with Crippen molar-refractivity contribution in [2.75, 3.05) is 13.2 Å². The van der Waals surface area contributed by atoms with Gasteiger partial charge in [-0.25, -0.2) is 4.79 Å². The maximum atomic E-state index is 12.5. The summed E-state index contributed by atoms with van der Waals surface area (Å²) >= 11 is 1.55. The average molecular weight is 414 g/mol. The van der Waals surface area contributed by atoms with E-state index in [2.05, 4.69) is 5.32 Å². The Morgan fingerprint density at radius 3 is 2.39 bits per heavy atom. The molecule has 0 unspecified atom stereocenters. The first-order chi connectivity index (χ1) is 13.2. The number of hydrogen-bond acceptors (Lipinski definition) is 5. The second-order valence-electron chi connectivity index (χ2n) is 5.67. The molecule has 0 spiro atoms. The van der Waals surface area contributed by atoms with Crippen molar-refractivity contribution in [3.8, 4) is 0 Å². The Balaban J connectivity index is 1.66. The number of rotatable bonds is 7. The second kappa shape index (κ2) is 9.88. The van der Waals surface area contributed by atoms with Gasteiger partial charge in [-0.05, 0) is 35.6 Å². The molecule has 1 aromatic carbocycles. The van der Waals surface area contributed by atoms with Crippen LogP contribution in [0.3, 0.4) is 0 Å². The molecule has 2 aromatic rings. The summed E-state index contributed by atoms with van der Waals surface area (Å²) in [5.74, 6) is -1.61. The van der Waals surface area contributed by atoms with E-state index in [1.54, 1.807) is 11.3 Å². The van der Waals surface area contributed by atoms with Gasteiger partial charge in [0, 0.05) is 11.4 Å². The number of carbonyl (C=O) groups is 3. The van der Waals surface area contributed by atoms with Gasteiger partial charge in [0.05, 0.1) is 12.0 Å². The summed E-state index contributed by atoms with van der Waals surface area (Å²) in [4.78, 5) is 35.9. The highest BCUT2D eigenvalue weighted by molar-refractivity contribution is 7.09. The van der Waals surface area contributed by atoms with E-state index in [1.165, 1.54) is 0 Å². The molecule has 0 saturated carbocycles. The van der Waals surface area contributed by atoms with Crippen LogP contribution in [0.5, 0.6) is 0 Å². The number of amides is 3. The van der Waals surface area contributed by atoms with Crippen LogP contribution in [0, 0.1) is 0 Å². The summed E-state index contributed by atoms with van der Waals surface area (Å²) in [5.41, 5.74) is -0.515. The van der Waals surface area contributed by atoms with Gasteiger partial charge in [-0.15, -0.1) is 11.3 Å². The van der Waals surface area contributed by atoms with Gasteiger partial charge in [-0.3, -0.25) is 14.9 Å². The number of ether oxygens (including phenoxy) is 1. The van der Waals surface area contributed by atoms with Gasteiger partial charge < -0.3 is 10.1 Å². The van der Waals surface area contributed by atoms with Gasteiger partial charge in [-0.1, -0.05) is 18.2 Å². The minimum atomic E-state index is -4.46. The van der Waals surface area contributed by atoms with Crippen LogP contribution in [-0.4, -0.2) is 31.1 Å². The Hall–Kier alpha value is -2.88. The van der Waals surface area contributed by atoms with Crippen molar-refractivity contribution in [2.24, 2.45) is 0 Å². The molecule has 2 N–H and O–H groups in total. The zero-order chi connectivity index (χ0) is 20.6. The van der Waals surface area contributed by atoms with E-state index in [9.17, 15) is 27.6 Å². The lowest BCUT2D eigenvalue weighted by atomic mass is 10.1. The number of hydrogen-bond donors (Lipinski definition) is 2. The van der Waals surface area contributed by atoms with Crippen LogP contribution in [0.1, 0.15) is 16.0 Å². The minimum Gasteiger partial charge on any atom is -0.455 e. The van der Waals surface area contributed by atoms with Crippen LogP contribution in [0.25, 0.3) is 0 Å². The molecule has 0 fully saturated rings. The Kier molecular flexibility index (Phi) is 7.56. The molecule has 3 amide bonds. The monoisotopic (exact) mass is 414 g/mol.